The molecular weight excluding hydrogens is 602 g/mol. The average molecular weight is 628 g/mol. The fourth-order valence-electron chi connectivity index (χ4n) is 3.50. The third kappa shape index (κ3) is 7.29. The van der Waals surface area contributed by atoms with Crippen LogP contribution in [0.3, 0.4) is 0 Å². The van der Waals surface area contributed by atoms with Gasteiger partial charge in [-0.3, -0.25) is 9.59 Å². The summed E-state index contributed by atoms with van der Waals surface area (Å²) < 4.78 is 26.1. The minimum absolute atomic E-state index is 0.144. The zero-order chi connectivity index (χ0) is 27.7. The lowest BCUT2D eigenvalue weighted by atomic mass is 10.0. The molecule has 10 heteroatoms. The molecule has 0 saturated carbocycles. The number of methoxy groups -OCH3 is 1. The van der Waals surface area contributed by atoms with Gasteiger partial charge in [0.05, 0.1) is 34.1 Å². The molecule has 0 spiro atoms. The van der Waals surface area contributed by atoms with E-state index in [0.717, 1.165) is 9.13 Å². The zero-order valence-electron chi connectivity index (χ0n) is 21.0. The number of amides is 2. The van der Waals surface area contributed by atoms with Crippen molar-refractivity contribution in [2.24, 2.45) is 11.0 Å². The summed E-state index contributed by atoms with van der Waals surface area (Å²) in [4.78, 5) is 25.2. The van der Waals surface area contributed by atoms with Crippen molar-refractivity contribution < 1.29 is 23.5 Å². The predicted molar refractivity (Wildman–Crippen MR) is 149 cm³/mol. The maximum absolute atomic E-state index is 14.0. The molecule has 2 amide bonds. The van der Waals surface area contributed by atoms with Crippen molar-refractivity contribution in [2.45, 2.75) is 26.5 Å². The highest BCUT2D eigenvalue weighted by atomic mass is 127. The number of carbonyl (C=O) groups is 2. The largest absolute Gasteiger partial charge is 0.493 e. The lowest BCUT2D eigenvalue weighted by molar-refractivity contribution is -0.123. The molecule has 38 heavy (non-hydrogen) atoms. The lowest BCUT2D eigenvalue weighted by Crippen LogP contribution is -2.48. The van der Waals surface area contributed by atoms with Gasteiger partial charge in [-0.2, -0.15) is 10.4 Å². The van der Waals surface area contributed by atoms with Crippen LogP contribution in [-0.4, -0.2) is 31.2 Å². The Morgan fingerprint density at radius 2 is 1.87 bits per heavy atom. The molecule has 3 rings (SSSR count). The monoisotopic (exact) mass is 628 g/mol. The van der Waals surface area contributed by atoms with Gasteiger partial charge in [-0.05, 0) is 64.4 Å². The Kier molecular flexibility index (Phi) is 10.2. The van der Waals surface area contributed by atoms with E-state index < -0.39 is 23.7 Å². The van der Waals surface area contributed by atoms with Gasteiger partial charge in [0, 0.05) is 5.56 Å². The number of rotatable bonds is 10. The zero-order valence-corrected chi connectivity index (χ0v) is 23.2. The number of halogens is 2. The van der Waals surface area contributed by atoms with E-state index in [1.165, 1.54) is 31.5 Å². The van der Waals surface area contributed by atoms with Crippen LogP contribution in [0, 0.1) is 26.6 Å². The van der Waals surface area contributed by atoms with Crippen LogP contribution < -0.4 is 20.2 Å². The fourth-order valence-corrected chi connectivity index (χ4v) is 4.28. The molecule has 8 nitrogen and oxygen atoms in total. The number of nitrogens with one attached hydrogen (secondary N) is 2. The summed E-state index contributed by atoms with van der Waals surface area (Å²) in [5.74, 6) is -1.21. The van der Waals surface area contributed by atoms with Gasteiger partial charge in [-0.15, -0.1) is 0 Å². The predicted octanol–water partition coefficient (Wildman–Crippen LogP) is 4.79. The van der Waals surface area contributed by atoms with Crippen LogP contribution in [0.4, 0.5) is 4.39 Å². The van der Waals surface area contributed by atoms with Crippen molar-refractivity contribution in [3.8, 4) is 17.6 Å². The molecule has 0 aliphatic carbocycles. The average Bonchev–Trinajstić information content (AvgIpc) is 2.90. The van der Waals surface area contributed by atoms with Crippen LogP contribution in [-0.2, 0) is 11.4 Å². The summed E-state index contributed by atoms with van der Waals surface area (Å²) in [6.07, 6.45) is 1.44. The van der Waals surface area contributed by atoms with E-state index in [-0.39, 0.29) is 18.1 Å². The van der Waals surface area contributed by atoms with Crippen LogP contribution in [0.15, 0.2) is 65.8 Å². The molecule has 2 N–H and O–H groups in total. The number of benzene rings is 3. The van der Waals surface area contributed by atoms with Gasteiger partial charge < -0.3 is 14.8 Å². The first-order valence-electron chi connectivity index (χ1n) is 11.6. The molecule has 3 aromatic carbocycles. The third-order valence-corrected chi connectivity index (χ3v) is 6.31. The van der Waals surface area contributed by atoms with Gasteiger partial charge in [0.25, 0.3) is 11.8 Å². The molecule has 0 saturated heterocycles. The fraction of sp³-hybridized carbons (Fsp3) is 0.214. The second-order valence-corrected chi connectivity index (χ2v) is 9.66. The molecule has 0 aliphatic rings. The Balaban J connectivity index is 1.68. The van der Waals surface area contributed by atoms with Crippen LogP contribution in [0.1, 0.15) is 40.9 Å². The first-order valence-corrected chi connectivity index (χ1v) is 12.7. The summed E-state index contributed by atoms with van der Waals surface area (Å²) in [7, 11) is 1.51. The van der Waals surface area contributed by atoms with Gasteiger partial charge >= 0.3 is 0 Å². The van der Waals surface area contributed by atoms with Crippen LogP contribution in [0.5, 0.6) is 11.5 Å². The number of nitrogens with zero attached hydrogens (tertiary/aromatic N) is 2. The number of hydrogen-bond acceptors (Lipinski definition) is 6. The molecule has 0 aliphatic heterocycles. The van der Waals surface area contributed by atoms with Crippen molar-refractivity contribution in [1.29, 1.82) is 5.26 Å². The standard InChI is InChI=1S/C28H26FIN4O4/c1-17(2)25(33-27(35)21-10-6-7-11-22(21)29)28(36)34-32-15-18-12-23(30)26(24(13-18)37-3)38-16-20-9-5-4-8-19(20)14-31/h4-13,15,17,25H,16H2,1-3H3,(H,33,35)(H,34,36). The molecule has 3 aromatic rings. The summed E-state index contributed by atoms with van der Waals surface area (Å²) in [6, 6.07) is 17.5. The minimum atomic E-state index is -0.930. The molecule has 0 fully saturated rings. The van der Waals surface area contributed by atoms with E-state index >= 15 is 0 Å². The normalized spacial score (nSPS) is 11.6. The Bertz CT molecular complexity index is 1390. The van der Waals surface area contributed by atoms with Crippen LogP contribution >= 0.6 is 22.6 Å². The van der Waals surface area contributed by atoms with E-state index in [2.05, 4.69) is 44.5 Å². The molecule has 0 heterocycles. The summed E-state index contributed by atoms with van der Waals surface area (Å²) >= 11 is 2.10. The number of hydrazone groups is 1. The molecule has 0 aromatic heterocycles. The van der Waals surface area contributed by atoms with Gasteiger partial charge in [-0.25, -0.2) is 9.82 Å². The van der Waals surface area contributed by atoms with Gasteiger partial charge in [0.1, 0.15) is 18.5 Å². The second-order valence-electron chi connectivity index (χ2n) is 8.50. The molecular formula is C28H26FIN4O4. The maximum Gasteiger partial charge on any atom is 0.262 e. The van der Waals surface area contributed by atoms with Gasteiger partial charge in [0.15, 0.2) is 11.5 Å². The van der Waals surface area contributed by atoms with Gasteiger partial charge in [-0.1, -0.05) is 44.2 Å². The Hall–Kier alpha value is -3.98. The molecule has 1 atom stereocenters. The second kappa shape index (κ2) is 13.5. The molecule has 0 bridgehead atoms. The van der Waals surface area contributed by atoms with E-state index in [4.69, 9.17) is 9.47 Å². The van der Waals surface area contributed by atoms with Gasteiger partial charge in [0.2, 0.25) is 0 Å². The topological polar surface area (TPSA) is 113 Å². The minimum Gasteiger partial charge on any atom is -0.493 e. The Labute approximate surface area is 234 Å². The number of nitriles is 1. The van der Waals surface area contributed by atoms with Crippen LogP contribution in [0.2, 0.25) is 0 Å². The maximum atomic E-state index is 14.0. The van der Waals surface area contributed by atoms with Crippen LogP contribution in [0.25, 0.3) is 0 Å². The molecule has 196 valence electrons. The smallest absolute Gasteiger partial charge is 0.262 e. The third-order valence-electron chi connectivity index (χ3n) is 5.50. The van der Waals surface area contributed by atoms with E-state index in [1.807, 2.05) is 12.1 Å². The number of carbonyl (C=O) groups excluding carboxylic acids is 2. The SMILES string of the molecule is COc1cc(C=NNC(=O)C(NC(=O)c2ccccc2F)C(C)C)cc(I)c1OCc1ccccc1C#N. The Morgan fingerprint density at radius 1 is 1.16 bits per heavy atom. The number of ether oxygens (including phenoxy) is 2. The van der Waals surface area contributed by atoms with Crippen molar-refractivity contribution in [2.75, 3.05) is 7.11 Å². The highest BCUT2D eigenvalue weighted by molar-refractivity contribution is 14.1. The summed E-state index contributed by atoms with van der Waals surface area (Å²) in [5, 5.41) is 15.9. The van der Waals surface area contributed by atoms with E-state index in [0.29, 0.717) is 22.6 Å². The van der Waals surface area contributed by atoms with Crippen molar-refractivity contribution in [3.63, 3.8) is 0 Å². The summed E-state index contributed by atoms with van der Waals surface area (Å²) in [5.41, 5.74) is 4.21. The van der Waals surface area contributed by atoms with E-state index in [1.54, 1.807) is 44.2 Å². The highest BCUT2D eigenvalue weighted by Gasteiger charge is 2.25. The quantitative estimate of drug-likeness (QED) is 0.191. The van der Waals surface area contributed by atoms with Crippen molar-refractivity contribution >= 4 is 40.6 Å². The van der Waals surface area contributed by atoms with E-state index in [9.17, 15) is 19.2 Å². The van der Waals surface area contributed by atoms with Crippen molar-refractivity contribution in [1.82, 2.24) is 10.7 Å². The van der Waals surface area contributed by atoms with Crippen molar-refractivity contribution in [3.05, 3.63) is 92.3 Å². The lowest BCUT2D eigenvalue weighted by Gasteiger charge is -2.20. The summed E-state index contributed by atoms with van der Waals surface area (Å²) in [6.45, 7) is 3.71. The first-order chi connectivity index (χ1) is 18.2. The number of hydrogen-bond donors (Lipinski definition) is 2. The highest BCUT2D eigenvalue weighted by Crippen LogP contribution is 2.34. The molecule has 1 unspecified atom stereocenters. The first kappa shape index (κ1) is 28.6. The Morgan fingerprint density at radius 3 is 2.55 bits per heavy atom. The molecule has 0 radical (unpaired) electrons.